The Kier molecular flexibility index (Phi) is 4.36. The van der Waals surface area contributed by atoms with Crippen LogP contribution in [0.5, 0.6) is 5.75 Å². The standard InChI is InChI=1S/C13H18F2N2O/c1-17-7-5-10(6-8-17)16-11-3-2-4-12(9-11)18-13(14)15/h2-4,9-10,13,16H,5-8H2,1H3. The van der Waals surface area contributed by atoms with Crippen LogP contribution in [0.25, 0.3) is 0 Å². The van der Waals surface area contributed by atoms with Gasteiger partial charge in [-0.2, -0.15) is 8.78 Å². The Labute approximate surface area is 106 Å². The van der Waals surface area contributed by atoms with Gasteiger partial charge in [0.05, 0.1) is 0 Å². The van der Waals surface area contributed by atoms with E-state index >= 15 is 0 Å². The van der Waals surface area contributed by atoms with Crippen LogP contribution < -0.4 is 10.1 Å². The number of hydrogen-bond donors (Lipinski definition) is 1. The molecule has 1 saturated heterocycles. The van der Waals surface area contributed by atoms with Gasteiger partial charge in [-0.3, -0.25) is 0 Å². The zero-order valence-corrected chi connectivity index (χ0v) is 10.4. The summed E-state index contributed by atoms with van der Waals surface area (Å²) in [6, 6.07) is 7.14. The predicted molar refractivity (Wildman–Crippen MR) is 67.2 cm³/mol. The lowest BCUT2D eigenvalue weighted by Gasteiger charge is -2.30. The van der Waals surface area contributed by atoms with E-state index in [2.05, 4.69) is 22.0 Å². The molecular weight excluding hydrogens is 238 g/mol. The Morgan fingerprint density at radius 3 is 2.72 bits per heavy atom. The van der Waals surface area contributed by atoms with Gasteiger partial charge >= 0.3 is 6.61 Å². The van der Waals surface area contributed by atoms with Crippen molar-refractivity contribution >= 4 is 5.69 Å². The lowest BCUT2D eigenvalue weighted by atomic mass is 10.1. The van der Waals surface area contributed by atoms with Crippen LogP contribution in [0.3, 0.4) is 0 Å². The van der Waals surface area contributed by atoms with Crippen LogP contribution in [-0.4, -0.2) is 37.7 Å². The summed E-state index contributed by atoms with van der Waals surface area (Å²) in [7, 11) is 2.10. The van der Waals surface area contributed by atoms with Crippen molar-refractivity contribution in [3.05, 3.63) is 24.3 Å². The van der Waals surface area contributed by atoms with Gasteiger partial charge in [0, 0.05) is 17.8 Å². The van der Waals surface area contributed by atoms with E-state index in [4.69, 9.17) is 0 Å². The minimum absolute atomic E-state index is 0.197. The van der Waals surface area contributed by atoms with Crippen LogP contribution in [0.2, 0.25) is 0 Å². The van der Waals surface area contributed by atoms with Crippen molar-refractivity contribution < 1.29 is 13.5 Å². The van der Waals surface area contributed by atoms with Crippen molar-refractivity contribution in [2.45, 2.75) is 25.5 Å². The minimum atomic E-state index is -2.77. The number of rotatable bonds is 4. The van der Waals surface area contributed by atoms with Crippen molar-refractivity contribution in [1.82, 2.24) is 4.90 Å². The summed E-state index contributed by atoms with van der Waals surface area (Å²) in [6.07, 6.45) is 2.13. The van der Waals surface area contributed by atoms with Crippen molar-refractivity contribution in [2.75, 3.05) is 25.5 Å². The second kappa shape index (κ2) is 6.00. The molecule has 18 heavy (non-hydrogen) atoms. The summed E-state index contributed by atoms with van der Waals surface area (Å²) < 4.78 is 28.6. The van der Waals surface area contributed by atoms with Gasteiger partial charge in [0.15, 0.2) is 0 Å². The van der Waals surface area contributed by atoms with E-state index in [9.17, 15) is 8.78 Å². The molecule has 0 spiro atoms. The number of halogens is 2. The molecule has 0 saturated carbocycles. The molecule has 0 amide bonds. The van der Waals surface area contributed by atoms with Crippen LogP contribution in [0.4, 0.5) is 14.5 Å². The summed E-state index contributed by atoms with van der Waals surface area (Å²) >= 11 is 0. The first-order valence-electron chi connectivity index (χ1n) is 6.13. The second-order valence-electron chi connectivity index (χ2n) is 4.63. The third-order valence-corrected chi connectivity index (χ3v) is 3.15. The topological polar surface area (TPSA) is 24.5 Å². The molecule has 1 fully saturated rings. The molecular formula is C13H18F2N2O. The first kappa shape index (κ1) is 13.1. The second-order valence-corrected chi connectivity index (χ2v) is 4.63. The zero-order chi connectivity index (χ0) is 13.0. The molecule has 3 nitrogen and oxygen atoms in total. The summed E-state index contributed by atoms with van der Waals surface area (Å²) in [4.78, 5) is 2.29. The Hall–Kier alpha value is -1.36. The van der Waals surface area contributed by atoms with Crippen molar-refractivity contribution in [1.29, 1.82) is 0 Å². The third-order valence-electron chi connectivity index (χ3n) is 3.15. The quantitative estimate of drug-likeness (QED) is 0.896. The fourth-order valence-electron chi connectivity index (χ4n) is 2.15. The maximum atomic E-state index is 12.1. The maximum absolute atomic E-state index is 12.1. The molecule has 2 rings (SSSR count). The van der Waals surface area contributed by atoms with Crippen LogP contribution in [0, 0.1) is 0 Å². The number of piperidine rings is 1. The van der Waals surface area contributed by atoms with E-state index in [0.717, 1.165) is 31.6 Å². The van der Waals surface area contributed by atoms with Crippen LogP contribution in [0.1, 0.15) is 12.8 Å². The SMILES string of the molecule is CN1CCC(Nc2cccc(OC(F)F)c2)CC1. The first-order valence-corrected chi connectivity index (χ1v) is 6.13. The largest absolute Gasteiger partial charge is 0.435 e. The highest BCUT2D eigenvalue weighted by atomic mass is 19.3. The molecule has 1 aromatic carbocycles. The molecule has 0 radical (unpaired) electrons. The number of hydrogen-bond acceptors (Lipinski definition) is 3. The van der Waals surface area contributed by atoms with Crippen molar-refractivity contribution in [2.24, 2.45) is 0 Å². The monoisotopic (exact) mass is 256 g/mol. The van der Waals surface area contributed by atoms with Gasteiger partial charge in [0.1, 0.15) is 5.75 Å². The van der Waals surface area contributed by atoms with E-state index in [1.807, 2.05) is 6.07 Å². The fraction of sp³-hybridized carbons (Fsp3) is 0.538. The highest BCUT2D eigenvalue weighted by Crippen LogP contribution is 2.21. The number of ether oxygens (including phenoxy) is 1. The van der Waals surface area contributed by atoms with Gasteiger partial charge in [-0.1, -0.05) is 6.07 Å². The summed E-state index contributed by atoms with van der Waals surface area (Å²) in [5.74, 6) is 0.197. The third kappa shape index (κ3) is 3.84. The number of alkyl halides is 2. The molecule has 1 aliphatic heterocycles. The van der Waals surface area contributed by atoms with Crippen LogP contribution in [-0.2, 0) is 0 Å². The van der Waals surface area contributed by atoms with Crippen molar-refractivity contribution in [3.63, 3.8) is 0 Å². The lowest BCUT2D eigenvalue weighted by Crippen LogP contribution is -2.36. The molecule has 100 valence electrons. The van der Waals surface area contributed by atoms with Gasteiger partial charge in [0.25, 0.3) is 0 Å². The molecule has 1 aliphatic rings. The molecule has 0 aliphatic carbocycles. The van der Waals surface area contributed by atoms with Gasteiger partial charge in [-0.25, -0.2) is 0 Å². The molecule has 0 bridgehead atoms. The predicted octanol–water partition coefficient (Wildman–Crippen LogP) is 2.79. The Bertz CT molecular complexity index is 379. The Morgan fingerprint density at radius 1 is 1.33 bits per heavy atom. The number of likely N-dealkylation sites (tertiary alicyclic amines) is 1. The molecule has 1 aromatic rings. The van der Waals surface area contributed by atoms with Crippen molar-refractivity contribution in [3.8, 4) is 5.75 Å². The normalized spacial score (nSPS) is 18.0. The molecule has 1 N–H and O–H groups in total. The number of anilines is 1. The molecule has 1 heterocycles. The highest BCUT2D eigenvalue weighted by Gasteiger charge is 2.16. The summed E-state index contributed by atoms with van der Waals surface area (Å²) in [6.45, 7) is -0.654. The van der Waals surface area contributed by atoms with Gasteiger partial charge in [-0.05, 0) is 45.1 Å². The number of benzene rings is 1. The molecule has 0 atom stereocenters. The van der Waals surface area contributed by atoms with Gasteiger partial charge in [-0.15, -0.1) is 0 Å². The first-order chi connectivity index (χ1) is 8.63. The highest BCUT2D eigenvalue weighted by molar-refractivity contribution is 5.48. The van der Waals surface area contributed by atoms with Crippen LogP contribution in [0.15, 0.2) is 24.3 Å². The minimum Gasteiger partial charge on any atom is -0.435 e. The van der Waals surface area contributed by atoms with Crippen LogP contribution >= 0.6 is 0 Å². The Balaban J connectivity index is 1.92. The average molecular weight is 256 g/mol. The van der Waals surface area contributed by atoms with E-state index in [1.54, 1.807) is 12.1 Å². The molecule has 5 heteroatoms. The number of nitrogens with one attached hydrogen (secondary N) is 1. The van der Waals surface area contributed by atoms with Gasteiger partial charge in [0.2, 0.25) is 0 Å². The fourth-order valence-corrected chi connectivity index (χ4v) is 2.15. The van der Waals surface area contributed by atoms with E-state index in [-0.39, 0.29) is 5.75 Å². The Morgan fingerprint density at radius 2 is 2.06 bits per heavy atom. The maximum Gasteiger partial charge on any atom is 0.387 e. The smallest absolute Gasteiger partial charge is 0.387 e. The van der Waals surface area contributed by atoms with E-state index in [0.29, 0.717) is 6.04 Å². The number of nitrogens with zero attached hydrogens (tertiary/aromatic N) is 1. The molecule has 0 unspecified atom stereocenters. The zero-order valence-electron chi connectivity index (χ0n) is 10.4. The van der Waals surface area contributed by atoms with E-state index in [1.165, 1.54) is 6.07 Å². The summed E-state index contributed by atoms with van der Waals surface area (Å²) in [5.41, 5.74) is 0.836. The average Bonchev–Trinajstić information content (AvgIpc) is 2.32. The van der Waals surface area contributed by atoms with Gasteiger partial charge < -0.3 is 15.0 Å². The van der Waals surface area contributed by atoms with E-state index < -0.39 is 6.61 Å². The lowest BCUT2D eigenvalue weighted by molar-refractivity contribution is -0.0498. The molecule has 0 aromatic heterocycles. The summed E-state index contributed by atoms with van der Waals surface area (Å²) in [5, 5.41) is 3.36.